The van der Waals surface area contributed by atoms with Gasteiger partial charge in [-0.15, -0.1) is 0 Å². The summed E-state index contributed by atoms with van der Waals surface area (Å²) in [6, 6.07) is 8.50. The Kier molecular flexibility index (Phi) is 3.84. The first-order valence-corrected chi connectivity index (χ1v) is 5.77. The van der Waals surface area contributed by atoms with Crippen molar-refractivity contribution in [2.75, 3.05) is 11.1 Å². The van der Waals surface area contributed by atoms with Gasteiger partial charge in [0.05, 0.1) is 11.4 Å². The summed E-state index contributed by atoms with van der Waals surface area (Å²) in [6.07, 6.45) is 0. The molecule has 1 amide bonds. The van der Waals surface area contributed by atoms with E-state index in [0.29, 0.717) is 5.69 Å². The first-order chi connectivity index (χ1) is 9.49. The molecule has 0 heterocycles. The van der Waals surface area contributed by atoms with Crippen LogP contribution in [0.5, 0.6) is 11.5 Å². The zero-order chi connectivity index (χ0) is 14.7. The van der Waals surface area contributed by atoms with Crippen molar-refractivity contribution in [2.24, 2.45) is 0 Å². The third-order valence-electron chi connectivity index (χ3n) is 2.49. The molecule has 0 saturated carbocycles. The summed E-state index contributed by atoms with van der Waals surface area (Å²) < 4.78 is 32.2. The summed E-state index contributed by atoms with van der Waals surface area (Å²) in [4.78, 5) is 11.1. The normalized spacial score (nSPS) is 10.2. The van der Waals surface area contributed by atoms with Gasteiger partial charge in [0.25, 0.3) is 0 Å². The van der Waals surface area contributed by atoms with Crippen LogP contribution in [0.25, 0.3) is 0 Å². The SMILES string of the molecule is CC(=O)Nc1ccccc1Oc1c(N)ccc(F)c1F. The van der Waals surface area contributed by atoms with Gasteiger partial charge in [-0.3, -0.25) is 4.79 Å². The zero-order valence-corrected chi connectivity index (χ0v) is 10.6. The Hall–Kier alpha value is -2.63. The number of carbonyl (C=O) groups is 1. The van der Waals surface area contributed by atoms with E-state index >= 15 is 0 Å². The highest BCUT2D eigenvalue weighted by Crippen LogP contribution is 2.35. The number of nitrogens with two attached hydrogens (primary N) is 1. The van der Waals surface area contributed by atoms with Crippen LogP contribution < -0.4 is 15.8 Å². The molecule has 2 aromatic rings. The maximum atomic E-state index is 13.7. The maximum Gasteiger partial charge on any atom is 0.221 e. The fraction of sp³-hybridized carbons (Fsp3) is 0.0714. The van der Waals surface area contributed by atoms with E-state index in [1.54, 1.807) is 18.2 Å². The number of rotatable bonds is 3. The minimum Gasteiger partial charge on any atom is -0.450 e. The smallest absolute Gasteiger partial charge is 0.221 e. The number of anilines is 2. The highest BCUT2D eigenvalue weighted by atomic mass is 19.2. The predicted octanol–water partition coefficient (Wildman–Crippen LogP) is 3.30. The molecule has 0 aliphatic carbocycles. The van der Waals surface area contributed by atoms with Crippen LogP contribution in [0, 0.1) is 11.6 Å². The quantitative estimate of drug-likeness (QED) is 0.847. The van der Waals surface area contributed by atoms with Gasteiger partial charge in [0.2, 0.25) is 11.7 Å². The monoisotopic (exact) mass is 278 g/mol. The molecule has 0 aliphatic heterocycles. The van der Waals surface area contributed by atoms with Crippen molar-refractivity contribution in [1.82, 2.24) is 0 Å². The van der Waals surface area contributed by atoms with Crippen molar-refractivity contribution in [3.05, 3.63) is 48.0 Å². The molecule has 6 heteroatoms. The van der Waals surface area contributed by atoms with Crippen LogP contribution in [0.15, 0.2) is 36.4 Å². The molecule has 0 aromatic heterocycles. The number of nitrogen functional groups attached to an aromatic ring is 1. The van der Waals surface area contributed by atoms with Crippen molar-refractivity contribution in [1.29, 1.82) is 0 Å². The third-order valence-corrected chi connectivity index (χ3v) is 2.49. The lowest BCUT2D eigenvalue weighted by Crippen LogP contribution is -2.07. The molecular formula is C14H12F2N2O2. The fourth-order valence-corrected chi connectivity index (χ4v) is 1.61. The van der Waals surface area contributed by atoms with Crippen molar-refractivity contribution in [3.63, 3.8) is 0 Å². The molecule has 0 unspecified atom stereocenters. The number of nitrogens with one attached hydrogen (secondary N) is 1. The van der Waals surface area contributed by atoms with E-state index in [9.17, 15) is 13.6 Å². The van der Waals surface area contributed by atoms with Crippen LogP contribution in [0.4, 0.5) is 20.2 Å². The molecule has 0 spiro atoms. The first kappa shape index (κ1) is 13.8. The molecule has 20 heavy (non-hydrogen) atoms. The molecule has 4 nitrogen and oxygen atoms in total. The van der Waals surface area contributed by atoms with Gasteiger partial charge in [-0.1, -0.05) is 12.1 Å². The van der Waals surface area contributed by atoms with Crippen molar-refractivity contribution >= 4 is 17.3 Å². The average molecular weight is 278 g/mol. The third kappa shape index (κ3) is 2.85. The topological polar surface area (TPSA) is 64.3 Å². The highest BCUT2D eigenvalue weighted by molar-refractivity contribution is 5.90. The van der Waals surface area contributed by atoms with Gasteiger partial charge in [0.15, 0.2) is 17.3 Å². The summed E-state index contributed by atoms with van der Waals surface area (Å²) in [5.41, 5.74) is 5.87. The van der Waals surface area contributed by atoms with Gasteiger partial charge in [-0.25, -0.2) is 4.39 Å². The van der Waals surface area contributed by atoms with E-state index in [1.807, 2.05) is 0 Å². The zero-order valence-electron chi connectivity index (χ0n) is 10.6. The molecule has 3 N–H and O–H groups in total. The highest BCUT2D eigenvalue weighted by Gasteiger charge is 2.16. The number of hydrogen-bond donors (Lipinski definition) is 2. The van der Waals surface area contributed by atoms with Gasteiger partial charge in [0.1, 0.15) is 0 Å². The fourth-order valence-electron chi connectivity index (χ4n) is 1.61. The summed E-state index contributed by atoms with van der Waals surface area (Å²) in [5.74, 6) is -2.80. The lowest BCUT2D eigenvalue weighted by Gasteiger charge is -2.13. The number of ether oxygens (including phenoxy) is 1. The van der Waals surface area contributed by atoms with Crippen LogP contribution >= 0.6 is 0 Å². The minimum absolute atomic E-state index is 0.0403. The van der Waals surface area contributed by atoms with Gasteiger partial charge >= 0.3 is 0 Å². The van der Waals surface area contributed by atoms with Crippen LogP contribution in [0.1, 0.15) is 6.92 Å². The molecule has 0 fully saturated rings. The van der Waals surface area contributed by atoms with Crippen LogP contribution in [0.2, 0.25) is 0 Å². The van der Waals surface area contributed by atoms with E-state index in [1.165, 1.54) is 19.1 Å². The summed E-state index contributed by atoms with van der Waals surface area (Å²) in [5, 5.41) is 2.53. The number of para-hydroxylation sites is 2. The Morgan fingerprint density at radius 3 is 2.60 bits per heavy atom. The molecule has 104 valence electrons. The second-order valence-corrected chi connectivity index (χ2v) is 4.06. The standard InChI is InChI=1S/C14H12F2N2O2/c1-8(19)18-11-4-2-3-5-12(11)20-14-10(17)7-6-9(15)13(14)16/h2-7H,17H2,1H3,(H,18,19). The molecule has 2 rings (SSSR count). The summed E-state index contributed by atoms with van der Waals surface area (Å²) in [6.45, 7) is 1.33. The molecular weight excluding hydrogens is 266 g/mol. The van der Waals surface area contributed by atoms with Gasteiger partial charge < -0.3 is 15.8 Å². The van der Waals surface area contributed by atoms with E-state index in [-0.39, 0.29) is 17.3 Å². The second-order valence-electron chi connectivity index (χ2n) is 4.06. The number of carbonyl (C=O) groups excluding carboxylic acids is 1. The number of hydrogen-bond acceptors (Lipinski definition) is 3. The number of halogens is 2. The van der Waals surface area contributed by atoms with E-state index in [4.69, 9.17) is 10.5 Å². The lowest BCUT2D eigenvalue weighted by molar-refractivity contribution is -0.114. The Labute approximate surface area is 114 Å². The van der Waals surface area contributed by atoms with Crippen molar-refractivity contribution in [3.8, 4) is 11.5 Å². The second kappa shape index (κ2) is 5.56. The Balaban J connectivity index is 2.40. The Morgan fingerprint density at radius 1 is 1.20 bits per heavy atom. The van der Waals surface area contributed by atoms with Crippen LogP contribution in [-0.4, -0.2) is 5.91 Å². The van der Waals surface area contributed by atoms with Gasteiger partial charge in [-0.2, -0.15) is 4.39 Å². The molecule has 2 aromatic carbocycles. The van der Waals surface area contributed by atoms with Gasteiger partial charge in [-0.05, 0) is 24.3 Å². The summed E-state index contributed by atoms with van der Waals surface area (Å²) >= 11 is 0. The maximum absolute atomic E-state index is 13.7. The van der Waals surface area contributed by atoms with Gasteiger partial charge in [0, 0.05) is 6.92 Å². The van der Waals surface area contributed by atoms with E-state index in [2.05, 4.69) is 5.32 Å². The molecule has 0 bridgehead atoms. The molecule has 0 aliphatic rings. The number of amides is 1. The van der Waals surface area contributed by atoms with Crippen molar-refractivity contribution in [2.45, 2.75) is 6.92 Å². The molecule has 0 radical (unpaired) electrons. The number of benzene rings is 2. The Bertz CT molecular complexity index is 660. The lowest BCUT2D eigenvalue weighted by atomic mass is 10.2. The minimum atomic E-state index is -1.18. The van der Waals surface area contributed by atoms with Crippen LogP contribution in [0.3, 0.4) is 0 Å². The van der Waals surface area contributed by atoms with Crippen LogP contribution in [-0.2, 0) is 4.79 Å². The van der Waals surface area contributed by atoms with E-state index < -0.39 is 17.4 Å². The molecule has 0 saturated heterocycles. The average Bonchev–Trinajstić information content (AvgIpc) is 2.40. The summed E-state index contributed by atoms with van der Waals surface area (Å²) in [7, 11) is 0. The molecule has 0 atom stereocenters. The Morgan fingerprint density at radius 2 is 1.90 bits per heavy atom. The van der Waals surface area contributed by atoms with E-state index in [0.717, 1.165) is 6.07 Å². The predicted molar refractivity (Wildman–Crippen MR) is 71.6 cm³/mol. The largest absolute Gasteiger partial charge is 0.450 e. The van der Waals surface area contributed by atoms with Crippen molar-refractivity contribution < 1.29 is 18.3 Å². The first-order valence-electron chi connectivity index (χ1n) is 5.77.